The van der Waals surface area contributed by atoms with E-state index in [1.165, 1.54) is 48.9 Å². The van der Waals surface area contributed by atoms with Gasteiger partial charge >= 0.3 is 0 Å². The third kappa shape index (κ3) is 5.55. The minimum absolute atomic E-state index is 0.659. The Morgan fingerprint density at radius 1 is 1.10 bits per heavy atom. The van der Waals surface area contributed by atoms with Crippen LogP contribution in [0.5, 0.6) is 0 Å². The molecule has 3 heterocycles. The first-order valence-electron chi connectivity index (χ1n) is 10.0. The van der Waals surface area contributed by atoms with E-state index in [2.05, 4.69) is 55.9 Å². The Kier molecular flexibility index (Phi) is 6.92. The van der Waals surface area contributed by atoms with Crippen LogP contribution in [0.2, 0.25) is 0 Å². The lowest BCUT2D eigenvalue weighted by atomic mass is 10.2. The van der Waals surface area contributed by atoms with Gasteiger partial charge in [0, 0.05) is 49.5 Å². The molecule has 2 N–H and O–H groups in total. The molecule has 30 heavy (non-hydrogen) atoms. The van der Waals surface area contributed by atoms with Crippen LogP contribution in [0.1, 0.15) is 12.0 Å². The average Bonchev–Trinajstić information content (AvgIpc) is 3.43. The summed E-state index contributed by atoms with van der Waals surface area (Å²) in [6, 6.07) is 12.2. The quantitative estimate of drug-likeness (QED) is 0.515. The van der Waals surface area contributed by atoms with Crippen LogP contribution in [0, 0.1) is 11.3 Å². The topological polar surface area (TPSA) is 80.1 Å². The van der Waals surface area contributed by atoms with Gasteiger partial charge in [-0.3, -0.25) is 0 Å². The van der Waals surface area contributed by atoms with Gasteiger partial charge in [0.15, 0.2) is 5.01 Å². The number of hydrogen-bond acceptors (Lipinski definition) is 9. The molecule has 1 fully saturated rings. The molecule has 1 aliphatic heterocycles. The molecule has 156 valence electrons. The van der Waals surface area contributed by atoms with Crippen molar-refractivity contribution in [2.45, 2.75) is 6.42 Å². The van der Waals surface area contributed by atoms with Crippen molar-refractivity contribution in [2.75, 3.05) is 56.9 Å². The lowest BCUT2D eigenvalue weighted by Gasteiger charge is -2.32. The standard InChI is InChI=1S/C21H25N7S2/c1-27-9-11-28(12-10-27)8-2-7-23-17-3-5-18(6-4-17)24-21-26-25-20(30-21)19-13-16(14-22)15-29-19/h3-6,13,15,23H,2,7-12H2,1H3,(H,24,26). The Morgan fingerprint density at radius 2 is 1.87 bits per heavy atom. The summed E-state index contributed by atoms with van der Waals surface area (Å²) in [5, 5.41) is 27.6. The fourth-order valence-corrected chi connectivity index (χ4v) is 4.94. The summed E-state index contributed by atoms with van der Waals surface area (Å²) in [5.41, 5.74) is 2.76. The van der Waals surface area contributed by atoms with Gasteiger partial charge in [-0.1, -0.05) is 11.3 Å². The first-order valence-corrected chi connectivity index (χ1v) is 11.7. The SMILES string of the molecule is CN1CCN(CCCNc2ccc(Nc3nnc(-c4cc(C#N)cs4)s3)cc2)CC1. The molecular formula is C21H25N7S2. The van der Waals surface area contributed by atoms with E-state index in [9.17, 15) is 0 Å². The van der Waals surface area contributed by atoms with Crippen molar-refractivity contribution in [3.63, 3.8) is 0 Å². The maximum atomic E-state index is 8.96. The molecule has 0 atom stereocenters. The average molecular weight is 440 g/mol. The van der Waals surface area contributed by atoms with Crippen LogP contribution in [0.25, 0.3) is 9.88 Å². The van der Waals surface area contributed by atoms with Crippen molar-refractivity contribution in [3.8, 4) is 16.0 Å². The highest BCUT2D eigenvalue weighted by molar-refractivity contribution is 7.23. The van der Waals surface area contributed by atoms with Crippen LogP contribution in [-0.4, -0.2) is 66.3 Å². The summed E-state index contributed by atoms with van der Waals surface area (Å²) in [5.74, 6) is 0. The van der Waals surface area contributed by atoms with E-state index in [1.54, 1.807) is 0 Å². The van der Waals surface area contributed by atoms with Crippen molar-refractivity contribution in [2.24, 2.45) is 0 Å². The second-order valence-corrected chi connectivity index (χ2v) is 9.24. The van der Waals surface area contributed by atoms with E-state index in [0.717, 1.165) is 45.9 Å². The second-order valence-electron chi connectivity index (χ2n) is 7.35. The monoisotopic (exact) mass is 439 g/mol. The predicted octanol–water partition coefficient (Wildman–Crippen LogP) is 3.93. The molecule has 0 aliphatic carbocycles. The Morgan fingerprint density at radius 3 is 2.60 bits per heavy atom. The maximum absolute atomic E-state index is 8.96. The smallest absolute Gasteiger partial charge is 0.210 e. The van der Waals surface area contributed by atoms with Gasteiger partial charge in [-0.15, -0.1) is 21.5 Å². The summed E-state index contributed by atoms with van der Waals surface area (Å²) < 4.78 is 0. The van der Waals surface area contributed by atoms with Gasteiger partial charge in [0.25, 0.3) is 0 Å². The van der Waals surface area contributed by atoms with Crippen LogP contribution in [0.15, 0.2) is 35.7 Å². The number of hydrogen-bond donors (Lipinski definition) is 2. The Bertz CT molecular complexity index is 981. The molecule has 0 radical (unpaired) electrons. The number of nitrogens with one attached hydrogen (secondary N) is 2. The lowest BCUT2D eigenvalue weighted by molar-refractivity contribution is 0.154. The van der Waals surface area contributed by atoms with Crippen molar-refractivity contribution < 1.29 is 0 Å². The number of thiophene rings is 1. The zero-order valence-corrected chi connectivity index (χ0v) is 18.6. The van der Waals surface area contributed by atoms with Crippen LogP contribution in [0.4, 0.5) is 16.5 Å². The van der Waals surface area contributed by atoms with E-state index in [1.807, 2.05) is 23.6 Å². The molecule has 1 saturated heterocycles. The summed E-state index contributed by atoms with van der Waals surface area (Å²) >= 11 is 3.00. The first kappa shape index (κ1) is 20.8. The highest BCUT2D eigenvalue weighted by atomic mass is 32.1. The van der Waals surface area contributed by atoms with Crippen LogP contribution in [-0.2, 0) is 0 Å². The number of aromatic nitrogens is 2. The molecule has 2 aromatic heterocycles. The third-order valence-electron chi connectivity index (χ3n) is 5.08. The second kappa shape index (κ2) is 10.00. The molecule has 3 aromatic rings. The molecule has 9 heteroatoms. The zero-order valence-electron chi connectivity index (χ0n) is 17.0. The molecule has 0 spiro atoms. The molecule has 0 bridgehead atoms. The molecule has 4 rings (SSSR count). The fourth-order valence-electron chi connectivity index (χ4n) is 3.28. The highest BCUT2D eigenvalue weighted by Crippen LogP contribution is 2.32. The number of benzene rings is 1. The van der Waals surface area contributed by atoms with E-state index in [0.29, 0.717) is 5.56 Å². The number of nitrogens with zero attached hydrogens (tertiary/aromatic N) is 5. The largest absolute Gasteiger partial charge is 0.385 e. The number of nitriles is 1. The molecule has 7 nitrogen and oxygen atoms in total. The van der Waals surface area contributed by atoms with Gasteiger partial charge in [0.2, 0.25) is 5.13 Å². The van der Waals surface area contributed by atoms with Gasteiger partial charge in [0.1, 0.15) is 6.07 Å². The maximum Gasteiger partial charge on any atom is 0.210 e. The van der Waals surface area contributed by atoms with Gasteiger partial charge < -0.3 is 20.4 Å². The summed E-state index contributed by atoms with van der Waals surface area (Å²) in [6.07, 6.45) is 1.15. The number of anilines is 3. The Hall–Kier alpha value is -2.51. The predicted molar refractivity (Wildman–Crippen MR) is 125 cm³/mol. The number of likely N-dealkylation sites (N-methyl/N-ethyl adjacent to an activating group) is 1. The Labute approximate surface area is 185 Å². The zero-order chi connectivity index (χ0) is 20.8. The van der Waals surface area contributed by atoms with Gasteiger partial charge in [0.05, 0.1) is 10.4 Å². The van der Waals surface area contributed by atoms with Crippen molar-refractivity contribution in [1.29, 1.82) is 5.26 Å². The summed E-state index contributed by atoms with van der Waals surface area (Å²) in [6.45, 7) is 6.83. The van der Waals surface area contributed by atoms with E-state index >= 15 is 0 Å². The third-order valence-corrected chi connectivity index (χ3v) is 7.01. The number of rotatable bonds is 8. The van der Waals surface area contributed by atoms with Gasteiger partial charge in [-0.25, -0.2) is 0 Å². The number of piperazine rings is 1. The normalized spacial score (nSPS) is 15.1. The van der Waals surface area contributed by atoms with Crippen molar-refractivity contribution in [3.05, 3.63) is 41.3 Å². The Balaban J connectivity index is 1.22. The van der Waals surface area contributed by atoms with E-state index < -0.39 is 0 Å². The molecule has 1 aliphatic rings. The molecular weight excluding hydrogens is 414 g/mol. The minimum Gasteiger partial charge on any atom is -0.385 e. The molecule has 1 aromatic carbocycles. The summed E-state index contributed by atoms with van der Waals surface area (Å²) in [7, 11) is 2.19. The molecule has 0 amide bonds. The summed E-state index contributed by atoms with van der Waals surface area (Å²) in [4.78, 5) is 5.90. The van der Waals surface area contributed by atoms with Crippen LogP contribution < -0.4 is 10.6 Å². The highest BCUT2D eigenvalue weighted by Gasteiger charge is 2.13. The first-order chi connectivity index (χ1) is 14.7. The lowest BCUT2D eigenvalue weighted by Crippen LogP contribution is -2.44. The van der Waals surface area contributed by atoms with Crippen LogP contribution >= 0.6 is 22.7 Å². The van der Waals surface area contributed by atoms with E-state index in [4.69, 9.17) is 5.26 Å². The van der Waals surface area contributed by atoms with E-state index in [-0.39, 0.29) is 0 Å². The van der Waals surface area contributed by atoms with Crippen molar-refractivity contribution >= 4 is 39.2 Å². The van der Waals surface area contributed by atoms with Crippen molar-refractivity contribution in [1.82, 2.24) is 20.0 Å². The van der Waals surface area contributed by atoms with Gasteiger partial charge in [-0.05, 0) is 50.3 Å². The molecule has 0 unspecified atom stereocenters. The minimum atomic E-state index is 0.659. The fraction of sp³-hybridized carbons (Fsp3) is 0.381. The van der Waals surface area contributed by atoms with Gasteiger partial charge in [-0.2, -0.15) is 5.26 Å². The van der Waals surface area contributed by atoms with Crippen LogP contribution in [0.3, 0.4) is 0 Å². The molecule has 0 saturated carbocycles.